The van der Waals surface area contributed by atoms with Crippen LogP contribution in [0.5, 0.6) is 5.75 Å². The quantitative estimate of drug-likeness (QED) is 0.462. The molecule has 2 aliphatic heterocycles. The van der Waals surface area contributed by atoms with Crippen LogP contribution in [0.15, 0.2) is 23.8 Å². The predicted octanol–water partition coefficient (Wildman–Crippen LogP) is 5.24. The molecule has 3 rings (SSSR count). The third-order valence-electron chi connectivity index (χ3n) is 4.81. The van der Waals surface area contributed by atoms with Crippen LogP contribution in [-0.2, 0) is 10.7 Å². The monoisotopic (exact) mass is 453 g/mol. The number of benzene rings is 1. The van der Waals surface area contributed by atoms with Crippen molar-refractivity contribution in [3.8, 4) is 5.75 Å². The summed E-state index contributed by atoms with van der Waals surface area (Å²) in [6.07, 6.45) is -4.83. The molecule has 0 spiro atoms. The Bertz CT molecular complexity index is 816. The fraction of sp³-hybridized carbons (Fsp3) is 0.500. The van der Waals surface area contributed by atoms with Gasteiger partial charge in [-0.1, -0.05) is 15.9 Å². The van der Waals surface area contributed by atoms with E-state index in [1.54, 1.807) is 13.8 Å². The highest BCUT2D eigenvalue weighted by molar-refractivity contribution is 9.09. The van der Waals surface area contributed by atoms with Gasteiger partial charge in [-0.25, -0.2) is 0 Å². The van der Waals surface area contributed by atoms with Crippen molar-refractivity contribution in [1.82, 2.24) is 4.90 Å². The molecule has 0 bridgehead atoms. The second-order valence-corrected chi connectivity index (χ2v) is 7.57. The molecule has 1 amide bonds. The number of hydrogen-bond donors (Lipinski definition) is 0. The number of halogens is 6. The maximum Gasteiger partial charge on any atom is 0.458 e. The number of amides is 1. The van der Waals surface area contributed by atoms with Gasteiger partial charge in [0.05, 0.1) is 5.70 Å². The molecule has 0 unspecified atom stereocenters. The third-order valence-corrected chi connectivity index (χ3v) is 5.37. The minimum atomic E-state index is -5.72. The number of carbonyl (C=O) groups excluding carboxylic acids is 1. The Morgan fingerprint density at radius 3 is 2.41 bits per heavy atom. The molecule has 2 aliphatic rings. The highest BCUT2D eigenvalue weighted by atomic mass is 79.9. The molecule has 0 saturated carbocycles. The van der Waals surface area contributed by atoms with Crippen LogP contribution < -0.4 is 4.74 Å². The van der Waals surface area contributed by atoms with Crippen LogP contribution in [0.3, 0.4) is 0 Å². The standard InChI is InChI=1S/C18H17BrF5NO2/c1-16(2)12(9-19)15(25-7-3-4-14(25)26)11-8-10(5-6-13(11)27-16)17(20,21)18(22,23)24/h5-6,8H,3-4,7,9H2,1-2H3. The molecule has 1 aromatic carbocycles. The Morgan fingerprint density at radius 2 is 1.89 bits per heavy atom. The van der Waals surface area contributed by atoms with Crippen molar-refractivity contribution in [2.24, 2.45) is 0 Å². The van der Waals surface area contributed by atoms with E-state index in [0.717, 1.165) is 12.1 Å². The minimum absolute atomic E-state index is 0.0699. The van der Waals surface area contributed by atoms with Crippen molar-refractivity contribution >= 4 is 27.5 Å². The maximum atomic E-state index is 13.9. The maximum absolute atomic E-state index is 13.9. The summed E-state index contributed by atoms with van der Waals surface area (Å²) in [7, 11) is 0. The SMILES string of the molecule is CC1(C)Oc2ccc(C(F)(F)C(F)(F)F)cc2C(N2CCCC2=O)=C1CBr. The molecule has 0 aromatic heterocycles. The van der Waals surface area contributed by atoms with Gasteiger partial charge in [0.1, 0.15) is 11.4 Å². The summed E-state index contributed by atoms with van der Waals surface area (Å²) in [5.74, 6) is -5.04. The molecule has 1 aromatic rings. The first-order chi connectivity index (χ1) is 12.4. The average molecular weight is 454 g/mol. The zero-order valence-corrected chi connectivity index (χ0v) is 16.2. The molecule has 9 heteroatoms. The highest BCUT2D eigenvalue weighted by Crippen LogP contribution is 2.49. The molecule has 1 saturated heterocycles. The number of hydrogen-bond acceptors (Lipinski definition) is 2. The first-order valence-corrected chi connectivity index (χ1v) is 9.40. The number of ether oxygens (including phenoxy) is 1. The number of alkyl halides is 6. The van der Waals surface area contributed by atoms with Gasteiger partial charge in [-0.15, -0.1) is 0 Å². The Kier molecular flexibility index (Phi) is 4.81. The van der Waals surface area contributed by atoms with E-state index >= 15 is 0 Å². The molecule has 0 radical (unpaired) electrons. The molecular formula is C18H17BrF5NO2. The van der Waals surface area contributed by atoms with Gasteiger partial charge < -0.3 is 9.64 Å². The summed E-state index contributed by atoms with van der Waals surface area (Å²) >= 11 is 3.33. The summed E-state index contributed by atoms with van der Waals surface area (Å²) in [5.41, 5.74) is -1.02. The van der Waals surface area contributed by atoms with Gasteiger partial charge in [0.25, 0.3) is 0 Å². The van der Waals surface area contributed by atoms with Crippen LogP contribution >= 0.6 is 15.9 Å². The van der Waals surface area contributed by atoms with E-state index in [1.807, 2.05) is 0 Å². The van der Waals surface area contributed by atoms with E-state index < -0.39 is 23.3 Å². The number of nitrogens with zero attached hydrogens (tertiary/aromatic N) is 1. The van der Waals surface area contributed by atoms with Gasteiger partial charge in [-0.05, 0) is 38.5 Å². The van der Waals surface area contributed by atoms with Gasteiger partial charge in [0.2, 0.25) is 5.91 Å². The van der Waals surface area contributed by atoms with Crippen molar-refractivity contribution in [1.29, 1.82) is 0 Å². The number of fused-ring (bicyclic) bond motifs is 1. The van der Waals surface area contributed by atoms with Crippen LogP contribution in [0.1, 0.15) is 37.8 Å². The Balaban J connectivity index is 2.23. The highest BCUT2D eigenvalue weighted by Gasteiger charge is 2.59. The van der Waals surface area contributed by atoms with Crippen LogP contribution in [-0.4, -0.2) is 34.5 Å². The normalized spacial score (nSPS) is 20.0. The molecule has 0 aliphatic carbocycles. The Hall–Kier alpha value is -1.64. The second kappa shape index (κ2) is 6.46. The van der Waals surface area contributed by atoms with E-state index in [2.05, 4.69) is 15.9 Å². The fourth-order valence-corrected chi connectivity index (χ4v) is 4.31. The topological polar surface area (TPSA) is 29.5 Å². The van der Waals surface area contributed by atoms with Gasteiger partial charge in [0, 0.05) is 35.0 Å². The van der Waals surface area contributed by atoms with E-state index in [1.165, 1.54) is 4.90 Å². The Morgan fingerprint density at radius 1 is 1.22 bits per heavy atom. The van der Waals surface area contributed by atoms with Crippen molar-refractivity contribution in [2.75, 3.05) is 11.9 Å². The van der Waals surface area contributed by atoms with Crippen molar-refractivity contribution in [3.63, 3.8) is 0 Å². The van der Waals surface area contributed by atoms with E-state index in [0.29, 0.717) is 36.7 Å². The second-order valence-electron chi connectivity index (χ2n) is 7.01. The van der Waals surface area contributed by atoms with Crippen LogP contribution in [0, 0.1) is 0 Å². The molecule has 148 valence electrons. The summed E-state index contributed by atoms with van der Waals surface area (Å²) < 4.78 is 72.0. The largest absolute Gasteiger partial charge is 0.483 e. The van der Waals surface area contributed by atoms with E-state index in [4.69, 9.17) is 4.74 Å². The van der Waals surface area contributed by atoms with Crippen molar-refractivity contribution in [2.45, 2.75) is 44.4 Å². The van der Waals surface area contributed by atoms with Crippen LogP contribution in [0.4, 0.5) is 22.0 Å². The van der Waals surface area contributed by atoms with Gasteiger partial charge in [0.15, 0.2) is 0 Å². The zero-order valence-electron chi connectivity index (χ0n) is 14.6. The summed E-state index contributed by atoms with van der Waals surface area (Å²) in [6, 6.07) is 2.60. The van der Waals surface area contributed by atoms with Crippen LogP contribution in [0.25, 0.3) is 5.70 Å². The van der Waals surface area contributed by atoms with E-state index in [-0.39, 0.29) is 22.6 Å². The van der Waals surface area contributed by atoms with E-state index in [9.17, 15) is 26.7 Å². The van der Waals surface area contributed by atoms with Crippen LogP contribution in [0.2, 0.25) is 0 Å². The summed E-state index contributed by atoms with van der Waals surface area (Å²) in [6.45, 7) is 3.89. The number of likely N-dealkylation sites (tertiary alicyclic amines) is 1. The first kappa shape index (κ1) is 20.1. The van der Waals surface area contributed by atoms with Gasteiger partial charge >= 0.3 is 12.1 Å². The molecule has 0 N–H and O–H groups in total. The smallest absolute Gasteiger partial charge is 0.458 e. The van der Waals surface area contributed by atoms with Crippen molar-refractivity contribution < 1.29 is 31.5 Å². The Labute approximate surface area is 161 Å². The lowest BCUT2D eigenvalue weighted by Crippen LogP contribution is -2.40. The molecule has 3 nitrogen and oxygen atoms in total. The average Bonchev–Trinajstić information content (AvgIpc) is 2.96. The molecule has 27 heavy (non-hydrogen) atoms. The fourth-order valence-electron chi connectivity index (χ4n) is 3.36. The molecule has 2 heterocycles. The third kappa shape index (κ3) is 3.23. The summed E-state index contributed by atoms with van der Waals surface area (Å²) in [5, 5.41) is 0.276. The van der Waals surface area contributed by atoms with Crippen molar-refractivity contribution in [3.05, 3.63) is 34.9 Å². The first-order valence-electron chi connectivity index (χ1n) is 8.28. The zero-order chi connectivity index (χ0) is 20.2. The molecular weight excluding hydrogens is 437 g/mol. The lowest BCUT2D eigenvalue weighted by molar-refractivity contribution is -0.289. The number of rotatable bonds is 3. The lowest BCUT2D eigenvalue weighted by Gasteiger charge is -2.39. The molecule has 0 atom stereocenters. The minimum Gasteiger partial charge on any atom is -0.483 e. The summed E-state index contributed by atoms with van der Waals surface area (Å²) in [4.78, 5) is 13.8. The lowest BCUT2D eigenvalue weighted by atomic mass is 9.88. The molecule has 1 fully saturated rings. The van der Waals surface area contributed by atoms with Gasteiger partial charge in [-0.2, -0.15) is 22.0 Å². The number of carbonyl (C=O) groups is 1. The predicted molar refractivity (Wildman–Crippen MR) is 92.8 cm³/mol. The van der Waals surface area contributed by atoms with Gasteiger partial charge in [-0.3, -0.25) is 4.79 Å².